The molecule has 24 heavy (non-hydrogen) atoms. The number of aliphatic imine (C=N–C) groups is 1. The molecule has 1 aromatic carbocycles. The van der Waals surface area contributed by atoms with Crippen LogP contribution in [-0.4, -0.2) is 45.2 Å². The highest BCUT2D eigenvalue weighted by Crippen LogP contribution is 2.47. The first-order valence-corrected chi connectivity index (χ1v) is 8.36. The predicted octanol–water partition coefficient (Wildman–Crippen LogP) is 3.27. The van der Waals surface area contributed by atoms with E-state index in [1.165, 1.54) is 25.7 Å². The van der Waals surface area contributed by atoms with Crippen molar-refractivity contribution >= 4 is 29.9 Å². The zero-order valence-electron chi connectivity index (χ0n) is 14.8. The summed E-state index contributed by atoms with van der Waals surface area (Å²) in [6.07, 6.45) is 5.47. The van der Waals surface area contributed by atoms with Crippen LogP contribution in [0.2, 0.25) is 0 Å². The first kappa shape index (κ1) is 19.1. The predicted molar refractivity (Wildman–Crippen MR) is 108 cm³/mol. The van der Waals surface area contributed by atoms with Gasteiger partial charge in [-0.25, -0.2) is 0 Å². The Balaban J connectivity index is 0.00000208. The Bertz CT molecular complexity index is 588. The lowest BCUT2D eigenvalue weighted by Gasteiger charge is -2.38. The fraction of sp³-hybridized carbons (Fsp3) is 0.611. The van der Waals surface area contributed by atoms with Gasteiger partial charge in [-0.1, -0.05) is 12.5 Å². The molecule has 1 saturated carbocycles. The SMILES string of the molecule is CN=C(NCc1ccc(OC)c(OC)c1)N1CCC2(CCC2)C1.I. The smallest absolute Gasteiger partial charge is 0.193 e. The zero-order valence-corrected chi connectivity index (χ0v) is 17.1. The third kappa shape index (κ3) is 3.90. The topological polar surface area (TPSA) is 46.1 Å². The summed E-state index contributed by atoms with van der Waals surface area (Å²) in [5.41, 5.74) is 1.74. The molecular formula is C18H28IN3O2. The normalized spacial score (nSPS) is 18.8. The lowest BCUT2D eigenvalue weighted by atomic mass is 9.68. The third-order valence-electron chi connectivity index (χ3n) is 5.26. The van der Waals surface area contributed by atoms with Gasteiger partial charge < -0.3 is 19.7 Å². The van der Waals surface area contributed by atoms with Gasteiger partial charge in [-0.15, -0.1) is 24.0 Å². The van der Waals surface area contributed by atoms with E-state index in [1.54, 1.807) is 14.2 Å². The Morgan fingerprint density at radius 3 is 2.50 bits per heavy atom. The van der Waals surface area contributed by atoms with Crippen LogP contribution in [0, 0.1) is 5.41 Å². The molecule has 1 aromatic rings. The van der Waals surface area contributed by atoms with Crippen LogP contribution in [0.15, 0.2) is 23.2 Å². The Kier molecular flexibility index (Phi) is 6.60. The van der Waals surface area contributed by atoms with Gasteiger partial charge in [0.25, 0.3) is 0 Å². The number of hydrogen-bond donors (Lipinski definition) is 1. The van der Waals surface area contributed by atoms with Gasteiger partial charge in [0.1, 0.15) is 0 Å². The van der Waals surface area contributed by atoms with E-state index in [1.807, 2.05) is 19.2 Å². The Labute approximate surface area is 161 Å². The molecule has 3 rings (SSSR count). The molecule has 1 saturated heterocycles. The second-order valence-electron chi connectivity index (χ2n) is 6.62. The lowest BCUT2D eigenvalue weighted by molar-refractivity contribution is 0.151. The van der Waals surface area contributed by atoms with Crippen molar-refractivity contribution in [3.05, 3.63) is 23.8 Å². The van der Waals surface area contributed by atoms with Crippen LogP contribution in [0.25, 0.3) is 0 Å². The van der Waals surface area contributed by atoms with Crippen molar-refractivity contribution in [3.8, 4) is 11.5 Å². The van der Waals surface area contributed by atoms with Crippen LogP contribution in [0.5, 0.6) is 11.5 Å². The summed E-state index contributed by atoms with van der Waals surface area (Å²) in [5.74, 6) is 2.52. The number of benzene rings is 1. The van der Waals surface area contributed by atoms with Crippen LogP contribution in [0.1, 0.15) is 31.2 Å². The minimum Gasteiger partial charge on any atom is -0.493 e. The molecule has 0 unspecified atom stereocenters. The number of halogens is 1. The Morgan fingerprint density at radius 2 is 1.96 bits per heavy atom. The highest BCUT2D eigenvalue weighted by molar-refractivity contribution is 14.0. The van der Waals surface area contributed by atoms with E-state index in [-0.39, 0.29) is 24.0 Å². The molecule has 1 spiro atoms. The van der Waals surface area contributed by atoms with Crippen molar-refractivity contribution in [2.45, 2.75) is 32.2 Å². The molecule has 1 heterocycles. The van der Waals surface area contributed by atoms with E-state index in [4.69, 9.17) is 9.47 Å². The standard InChI is InChI=1S/C18H27N3O2.HI/c1-19-17(21-10-9-18(13-21)7-4-8-18)20-12-14-5-6-15(22-2)16(11-14)23-3;/h5-6,11H,4,7-10,12-13H2,1-3H3,(H,19,20);1H. The molecule has 0 bridgehead atoms. The van der Waals surface area contributed by atoms with Crippen molar-refractivity contribution < 1.29 is 9.47 Å². The number of ether oxygens (including phenoxy) is 2. The molecule has 6 heteroatoms. The highest BCUT2D eigenvalue weighted by atomic mass is 127. The van der Waals surface area contributed by atoms with Crippen molar-refractivity contribution in [3.63, 3.8) is 0 Å². The van der Waals surface area contributed by atoms with Gasteiger partial charge in [0.2, 0.25) is 0 Å². The Morgan fingerprint density at radius 1 is 1.21 bits per heavy atom. The average Bonchev–Trinajstić information content (AvgIpc) is 3.01. The van der Waals surface area contributed by atoms with Crippen molar-refractivity contribution in [2.75, 3.05) is 34.4 Å². The van der Waals surface area contributed by atoms with Gasteiger partial charge in [0.15, 0.2) is 17.5 Å². The summed E-state index contributed by atoms with van der Waals surface area (Å²) in [4.78, 5) is 6.86. The molecule has 5 nitrogen and oxygen atoms in total. The van der Waals surface area contributed by atoms with E-state index in [0.29, 0.717) is 5.41 Å². The summed E-state index contributed by atoms with van der Waals surface area (Å²) in [5, 5.41) is 3.48. The summed E-state index contributed by atoms with van der Waals surface area (Å²) < 4.78 is 10.6. The summed E-state index contributed by atoms with van der Waals surface area (Å²) in [7, 11) is 5.18. The number of rotatable bonds is 4. The third-order valence-corrected chi connectivity index (χ3v) is 5.26. The maximum Gasteiger partial charge on any atom is 0.193 e. The second kappa shape index (κ2) is 8.27. The number of methoxy groups -OCH3 is 2. The first-order chi connectivity index (χ1) is 11.2. The molecule has 2 fully saturated rings. The van der Waals surface area contributed by atoms with E-state index >= 15 is 0 Å². The molecule has 0 radical (unpaired) electrons. The largest absolute Gasteiger partial charge is 0.493 e. The number of likely N-dealkylation sites (tertiary alicyclic amines) is 1. The Hall–Kier alpha value is -1.18. The van der Waals surface area contributed by atoms with E-state index in [2.05, 4.69) is 21.3 Å². The number of nitrogens with one attached hydrogen (secondary N) is 1. The van der Waals surface area contributed by atoms with Crippen molar-refractivity contribution in [1.29, 1.82) is 0 Å². The monoisotopic (exact) mass is 445 g/mol. The maximum atomic E-state index is 5.37. The maximum absolute atomic E-state index is 5.37. The zero-order chi connectivity index (χ0) is 16.3. The van der Waals surface area contributed by atoms with Crippen LogP contribution in [0.3, 0.4) is 0 Å². The minimum absolute atomic E-state index is 0. The molecule has 0 aromatic heterocycles. The van der Waals surface area contributed by atoms with E-state index in [9.17, 15) is 0 Å². The van der Waals surface area contributed by atoms with Crippen LogP contribution >= 0.6 is 24.0 Å². The summed E-state index contributed by atoms with van der Waals surface area (Å²) in [6, 6.07) is 6.01. The molecule has 0 amide bonds. The minimum atomic E-state index is 0. The quantitative estimate of drug-likeness (QED) is 0.439. The van der Waals surface area contributed by atoms with Gasteiger partial charge in [-0.05, 0) is 42.4 Å². The van der Waals surface area contributed by atoms with Crippen LogP contribution in [0.4, 0.5) is 0 Å². The molecule has 134 valence electrons. The summed E-state index contributed by atoms with van der Waals surface area (Å²) in [6.45, 7) is 3.00. The van der Waals surface area contributed by atoms with Gasteiger partial charge in [-0.3, -0.25) is 4.99 Å². The number of nitrogens with zero attached hydrogens (tertiary/aromatic N) is 2. The van der Waals surface area contributed by atoms with Crippen LogP contribution in [-0.2, 0) is 6.54 Å². The van der Waals surface area contributed by atoms with Crippen LogP contribution < -0.4 is 14.8 Å². The fourth-order valence-corrected chi connectivity index (χ4v) is 3.70. The average molecular weight is 445 g/mol. The highest BCUT2D eigenvalue weighted by Gasteiger charge is 2.43. The lowest BCUT2D eigenvalue weighted by Crippen LogP contribution is -2.42. The molecule has 1 N–H and O–H groups in total. The molecule has 1 aliphatic heterocycles. The number of guanidine groups is 1. The number of hydrogen-bond acceptors (Lipinski definition) is 3. The van der Waals surface area contributed by atoms with Crippen molar-refractivity contribution in [2.24, 2.45) is 10.4 Å². The second-order valence-corrected chi connectivity index (χ2v) is 6.62. The molecule has 2 aliphatic rings. The van der Waals surface area contributed by atoms with Gasteiger partial charge in [-0.2, -0.15) is 0 Å². The molecule has 1 aliphatic carbocycles. The van der Waals surface area contributed by atoms with Gasteiger partial charge in [0, 0.05) is 26.7 Å². The first-order valence-electron chi connectivity index (χ1n) is 8.36. The van der Waals surface area contributed by atoms with E-state index < -0.39 is 0 Å². The van der Waals surface area contributed by atoms with E-state index in [0.717, 1.165) is 42.7 Å². The molecule has 0 atom stereocenters. The summed E-state index contributed by atoms with van der Waals surface area (Å²) >= 11 is 0. The fourth-order valence-electron chi connectivity index (χ4n) is 3.70. The van der Waals surface area contributed by atoms with Gasteiger partial charge in [0.05, 0.1) is 14.2 Å². The van der Waals surface area contributed by atoms with Gasteiger partial charge >= 0.3 is 0 Å². The van der Waals surface area contributed by atoms with Crippen molar-refractivity contribution in [1.82, 2.24) is 10.2 Å². The molecular weight excluding hydrogens is 417 g/mol.